The van der Waals surface area contributed by atoms with Gasteiger partial charge in [-0.15, -0.1) is 0 Å². The summed E-state index contributed by atoms with van der Waals surface area (Å²) in [7, 11) is -2.93. The maximum atomic E-state index is 14.8. The highest BCUT2D eigenvalue weighted by molar-refractivity contribution is 6.99. The van der Waals surface area contributed by atoms with E-state index in [1.807, 2.05) is 36.4 Å². The van der Waals surface area contributed by atoms with Crippen LogP contribution in [0.15, 0.2) is 60.7 Å². The zero-order valence-corrected chi connectivity index (χ0v) is 22.8. The molecule has 1 fully saturated rings. The molecule has 0 aromatic heterocycles. The van der Waals surface area contributed by atoms with Crippen molar-refractivity contribution in [1.82, 2.24) is 4.90 Å². The van der Waals surface area contributed by atoms with Gasteiger partial charge in [0.05, 0.1) is 12.6 Å². The first-order chi connectivity index (χ1) is 16.3. The van der Waals surface area contributed by atoms with Crippen molar-refractivity contribution < 1.29 is 22.7 Å². The average Bonchev–Trinajstić information content (AvgIpc) is 2.91. The Morgan fingerprint density at radius 1 is 0.971 bits per heavy atom. The molecule has 1 amide bonds. The summed E-state index contributed by atoms with van der Waals surface area (Å²) >= 11 is 0. The number of carbonyl (C=O) groups excluding carboxylic acids is 1. The molecule has 0 saturated carbocycles. The topological polar surface area (TPSA) is 38.8 Å². The molecule has 1 atom stereocenters. The highest BCUT2D eigenvalue weighted by atomic mass is 28.4. The van der Waals surface area contributed by atoms with Gasteiger partial charge in [-0.25, -0.2) is 13.6 Å². The van der Waals surface area contributed by atoms with E-state index in [4.69, 9.17) is 9.16 Å². The van der Waals surface area contributed by atoms with Gasteiger partial charge < -0.3 is 14.1 Å². The lowest BCUT2D eigenvalue weighted by molar-refractivity contribution is -0.0348. The first kappa shape index (κ1) is 27.3. The first-order valence-electron chi connectivity index (χ1n) is 12.4. The van der Waals surface area contributed by atoms with E-state index in [1.165, 1.54) is 4.90 Å². The molecule has 0 N–H and O–H groups in total. The van der Waals surface area contributed by atoms with Crippen LogP contribution < -0.4 is 10.4 Å². The quantitative estimate of drug-likeness (QED) is 0.471. The number of hydrogen-bond acceptors (Lipinski definition) is 3. The lowest BCUT2D eigenvalue weighted by atomic mass is 10.1. The number of halogens is 2. The van der Waals surface area contributed by atoms with Gasteiger partial charge in [0.2, 0.25) is 5.92 Å². The van der Waals surface area contributed by atoms with Gasteiger partial charge in [-0.3, -0.25) is 0 Å². The molecule has 192 valence electrons. The second kappa shape index (κ2) is 10.4. The van der Waals surface area contributed by atoms with Crippen LogP contribution in [0.25, 0.3) is 0 Å². The van der Waals surface area contributed by atoms with Crippen molar-refractivity contribution in [2.24, 2.45) is 0 Å². The van der Waals surface area contributed by atoms with Crippen molar-refractivity contribution >= 4 is 24.8 Å². The molecule has 0 spiro atoms. The molecule has 0 aliphatic carbocycles. The van der Waals surface area contributed by atoms with E-state index in [1.54, 1.807) is 20.8 Å². The normalized spacial score (nSPS) is 19.2. The minimum Gasteiger partial charge on any atom is -0.444 e. The Labute approximate surface area is 209 Å². The van der Waals surface area contributed by atoms with Gasteiger partial charge in [0.25, 0.3) is 8.32 Å². The van der Waals surface area contributed by atoms with Gasteiger partial charge in [-0.1, -0.05) is 81.4 Å². The van der Waals surface area contributed by atoms with Crippen LogP contribution in [0.1, 0.15) is 60.8 Å². The minimum absolute atomic E-state index is 0.0160. The van der Waals surface area contributed by atoms with Crippen molar-refractivity contribution in [3.63, 3.8) is 0 Å². The Hall–Kier alpha value is -2.25. The maximum absolute atomic E-state index is 14.8. The number of nitrogens with zero attached hydrogens (tertiary/aromatic N) is 1. The molecule has 1 saturated heterocycles. The molecule has 35 heavy (non-hydrogen) atoms. The second-order valence-electron chi connectivity index (χ2n) is 11.5. The summed E-state index contributed by atoms with van der Waals surface area (Å²) in [6, 6.07) is 19.4. The number of carbonyl (C=O) groups is 1. The molecule has 1 heterocycles. The summed E-state index contributed by atoms with van der Waals surface area (Å²) in [4.78, 5) is 14.5. The lowest BCUT2D eigenvalue weighted by Gasteiger charge is -2.44. The van der Waals surface area contributed by atoms with Gasteiger partial charge in [0.1, 0.15) is 5.60 Å². The van der Waals surface area contributed by atoms with Crippen LogP contribution in [0.3, 0.4) is 0 Å². The van der Waals surface area contributed by atoms with Crippen molar-refractivity contribution in [2.45, 2.75) is 83.4 Å². The molecule has 1 aliphatic rings. The Morgan fingerprint density at radius 2 is 1.49 bits per heavy atom. The van der Waals surface area contributed by atoms with Crippen LogP contribution in [0.4, 0.5) is 13.6 Å². The summed E-state index contributed by atoms with van der Waals surface area (Å²) in [5.74, 6) is -2.86. The molecule has 3 rings (SSSR count). The molecule has 0 radical (unpaired) electrons. The molecule has 4 nitrogen and oxygen atoms in total. The lowest BCUT2D eigenvalue weighted by Crippen LogP contribution is -2.67. The summed E-state index contributed by atoms with van der Waals surface area (Å²) in [6.07, 6.45) is -1.03. The molecule has 0 bridgehead atoms. The Balaban J connectivity index is 2.04. The van der Waals surface area contributed by atoms with Crippen LogP contribution in [-0.2, 0) is 9.16 Å². The number of likely N-dealkylation sites (tertiary alicyclic amines) is 1. The van der Waals surface area contributed by atoms with Crippen molar-refractivity contribution in [3.05, 3.63) is 60.7 Å². The fourth-order valence-corrected chi connectivity index (χ4v) is 9.54. The Bertz CT molecular complexity index is 932. The Kier molecular flexibility index (Phi) is 8.11. The molecule has 0 unspecified atom stereocenters. The fourth-order valence-electron chi connectivity index (χ4n) is 4.94. The maximum Gasteiger partial charge on any atom is 0.410 e. The van der Waals surface area contributed by atoms with Crippen molar-refractivity contribution in [3.8, 4) is 0 Å². The number of ether oxygens (including phenoxy) is 1. The van der Waals surface area contributed by atoms with E-state index < -0.39 is 38.4 Å². The van der Waals surface area contributed by atoms with E-state index in [9.17, 15) is 13.6 Å². The summed E-state index contributed by atoms with van der Waals surface area (Å²) in [5.41, 5.74) is -0.713. The largest absolute Gasteiger partial charge is 0.444 e. The zero-order valence-electron chi connectivity index (χ0n) is 21.8. The first-order valence-corrected chi connectivity index (χ1v) is 14.3. The summed E-state index contributed by atoms with van der Waals surface area (Å²) in [5, 5.41) is 1.85. The molecule has 2 aromatic rings. The second-order valence-corrected chi connectivity index (χ2v) is 15.8. The van der Waals surface area contributed by atoms with Crippen LogP contribution in [0.5, 0.6) is 0 Å². The van der Waals surface area contributed by atoms with E-state index >= 15 is 0 Å². The number of hydrogen-bond donors (Lipinski definition) is 0. The van der Waals surface area contributed by atoms with Gasteiger partial charge in [0, 0.05) is 19.4 Å². The highest BCUT2D eigenvalue weighted by Crippen LogP contribution is 2.38. The predicted molar refractivity (Wildman–Crippen MR) is 139 cm³/mol. The standard InChI is InChI=1S/C28H39F2NO3Si/c1-26(2,3)34-25(32)31-19-13-18-28(29,30)20-22(31)21-33-35(27(4,5)6,23-14-9-7-10-15-23)24-16-11-8-12-17-24/h7-12,14-17,22H,13,18-21H2,1-6H3/t22-/m0/s1. The van der Waals surface area contributed by atoms with Gasteiger partial charge in [0.15, 0.2) is 0 Å². The van der Waals surface area contributed by atoms with Crippen LogP contribution >= 0.6 is 0 Å². The highest BCUT2D eigenvalue weighted by Gasteiger charge is 2.51. The smallest absolute Gasteiger partial charge is 0.410 e. The third-order valence-electron chi connectivity index (χ3n) is 6.45. The number of benzene rings is 2. The molecule has 2 aromatic carbocycles. The van der Waals surface area contributed by atoms with E-state index in [0.29, 0.717) is 0 Å². The molecule has 1 aliphatic heterocycles. The van der Waals surface area contributed by atoms with E-state index in [-0.39, 0.29) is 31.0 Å². The van der Waals surface area contributed by atoms with Crippen molar-refractivity contribution in [1.29, 1.82) is 0 Å². The summed E-state index contributed by atoms with van der Waals surface area (Å²) < 4.78 is 42.1. The van der Waals surface area contributed by atoms with Gasteiger partial charge in [-0.05, 0) is 42.6 Å². The molecular weight excluding hydrogens is 464 g/mol. The van der Waals surface area contributed by atoms with Gasteiger partial charge in [-0.2, -0.15) is 0 Å². The predicted octanol–water partition coefficient (Wildman–Crippen LogP) is 5.99. The van der Waals surface area contributed by atoms with Crippen LogP contribution in [0.2, 0.25) is 5.04 Å². The SMILES string of the molecule is CC(C)(C)OC(=O)N1CCCC(F)(F)C[C@H]1CO[Si](c1ccccc1)(c1ccccc1)C(C)(C)C. The molecular formula is C28H39F2NO3Si. The van der Waals surface area contributed by atoms with E-state index in [0.717, 1.165) is 10.4 Å². The third kappa shape index (κ3) is 6.50. The average molecular weight is 504 g/mol. The van der Waals surface area contributed by atoms with Crippen LogP contribution in [0, 0.1) is 0 Å². The van der Waals surface area contributed by atoms with E-state index in [2.05, 4.69) is 45.0 Å². The zero-order chi connectivity index (χ0) is 25.9. The fraction of sp³-hybridized carbons (Fsp3) is 0.536. The summed E-state index contributed by atoms with van der Waals surface area (Å²) in [6.45, 7) is 12.0. The van der Waals surface area contributed by atoms with Gasteiger partial charge >= 0.3 is 6.09 Å². The Morgan fingerprint density at radius 3 is 1.94 bits per heavy atom. The molecule has 7 heteroatoms. The monoisotopic (exact) mass is 503 g/mol. The van der Waals surface area contributed by atoms with Crippen LogP contribution in [-0.4, -0.2) is 50.0 Å². The number of alkyl halides is 2. The number of amides is 1. The number of rotatable bonds is 5. The minimum atomic E-state index is -2.93. The third-order valence-corrected chi connectivity index (χ3v) is 11.5. The van der Waals surface area contributed by atoms with Crippen molar-refractivity contribution in [2.75, 3.05) is 13.2 Å².